The molecule has 0 aliphatic carbocycles. The molecule has 0 aliphatic heterocycles. The fourth-order valence-corrected chi connectivity index (χ4v) is 4.68. The molecule has 2 aromatic carbocycles. The first-order valence-electron chi connectivity index (χ1n) is 12.0. The molecule has 1 aromatic heterocycles. The van der Waals surface area contributed by atoms with E-state index in [-0.39, 0.29) is 23.2 Å². The molecule has 0 fully saturated rings. The Bertz CT molecular complexity index is 1080. The Labute approximate surface area is 193 Å². The van der Waals surface area contributed by atoms with Crippen LogP contribution in [0.1, 0.15) is 83.1 Å². The Morgan fingerprint density at radius 3 is 2.31 bits per heavy atom. The molecule has 172 valence electrons. The fraction of sp³-hybridized carbons (Fsp3) is 0.483. The maximum atomic E-state index is 12.3. The molecule has 0 saturated carbocycles. The number of nitrogens with one attached hydrogen (secondary N) is 1. The normalized spacial score (nSPS) is 12.3. The van der Waals surface area contributed by atoms with Crippen molar-refractivity contribution in [2.75, 3.05) is 6.61 Å². The zero-order valence-corrected chi connectivity index (χ0v) is 20.9. The summed E-state index contributed by atoms with van der Waals surface area (Å²) in [4.78, 5) is 15.8. The molecule has 0 unspecified atom stereocenters. The number of hydrogen-bond acceptors (Lipinski definition) is 2. The van der Waals surface area contributed by atoms with E-state index in [9.17, 15) is 4.79 Å². The number of aromatic amines is 1. The minimum Gasteiger partial charge on any atom is -0.486 e. The first-order chi connectivity index (χ1) is 15.2. The lowest BCUT2D eigenvalue weighted by Crippen LogP contribution is -2.27. The number of fused-ring (bicyclic) bond motifs is 1. The molecule has 0 spiro atoms. The van der Waals surface area contributed by atoms with Crippen molar-refractivity contribution in [2.24, 2.45) is 5.41 Å². The van der Waals surface area contributed by atoms with E-state index >= 15 is 0 Å². The van der Waals surface area contributed by atoms with Gasteiger partial charge in [0.15, 0.2) is 5.78 Å². The van der Waals surface area contributed by atoms with E-state index < -0.39 is 0 Å². The van der Waals surface area contributed by atoms with Crippen LogP contribution >= 0.6 is 0 Å². The smallest absolute Gasteiger partial charge is 0.175 e. The van der Waals surface area contributed by atoms with E-state index in [1.54, 1.807) is 0 Å². The molecule has 32 heavy (non-hydrogen) atoms. The summed E-state index contributed by atoms with van der Waals surface area (Å²) in [6.45, 7) is 14.7. The minimum absolute atomic E-state index is 0.0744. The van der Waals surface area contributed by atoms with Crippen LogP contribution in [0, 0.1) is 12.3 Å². The van der Waals surface area contributed by atoms with Crippen LogP contribution in [0.2, 0.25) is 0 Å². The maximum absolute atomic E-state index is 12.3. The summed E-state index contributed by atoms with van der Waals surface area (Å²) in [5.41, 5.74) is 5.86. The fourth-order valence-electron chi connectivity index (χ4n) is 4.68. The minimum atomic E-state index is -0.389. The third-order valence-corrected chi connectivity index (χ3v) is 6.93. The van der Waals surface area contributed by atoms with Gasteiger partial charge in [-0.2, -0.15) is 0 Å². The van der Waals surface area contributed by atoms with E-state index in [2.05, 4.69) is 69.2 Å². The highest BCUT2D eigenvalue weighted by Crippen LogP contribution is 2.43. The third-order valence-electron chi connectivity index (χ3n) is 6.93. The highest BCUT2D eigenvalue weighted by atomic mass is 16.5. The van der Waals surface area contributed by atoms with Gasteiger partial charge in [0.25, 0.3) is 0 Å². The van der Waals surface area contributed by atoms with E-state index in [1.165, 1.54) is 27.6 Å². The summed E-state index contributed by atoms with van der Waals surface area (Å²) in [5.74, 6) is 0.897. The zero-order chi connectivity index (χ0) is 23.5. The second-order valence-electron chi connectivity index (χ2n) is 10.1. The van der Waals surface area contributed by atoms with E-state index in [4.69, 9.17) is 4.74 Å². The highest BCUT2D eigenvalue weighted by Gasteiger charge is 2.33. The molecular formula is C29H39NO2. The van der Waals surface area contributed by atoms with Gasteiger partial charge >= 0.3 is 0 Å². The summed E-state index contributed by atoms with van der Waals surface area (Å²) >= 11 is 0. The quantitative estimate of drug-likeness (QED) is 0.379. The predicted octanol–water partition coefficient (Wildman–Crippen LogP) is 7.53. The van der Waals surface area contributed by atoms with Gasteiger partial charge in [-0.1, -0.05) is 72.2 Å². The number of H-pyrrole nitrogens is 1. The van der Waals surface area contributed by atoms with E-state index in [1.807, 2.05) is 26.8 Å². The topological polar surface area (TPSA) is 42.1 Å². The van der Waals surface area contributed by atoms with Crippen LogP contribution in [0.4, 0.5) is 0 Å². The Balaban J connectivity index is 1.97. The number of benzene rings is 2. The molecule has 1 heterocycles. The molecule has 0 amide bonds. The van der Waals surface area contributed by atoms with Crippen molar-refractivity contribution in [1.29, 1.82) is 0 Å². The number of carbonyl (C=O) groups is 1. The molecular weight excluding hydrogens is 394 g/mol. The van der Waals surface area contributed by atoms with Gasteiger partial charge in [0.05, 0.1) is 0 Å². The lowest BCUT2D eigenvalue weighted by molar-refractivity contribution is -0.128. The van der Waals surface area contributed by atoms with Gasteiger partial charge in [-0.15, -0.1) is 0 Å². The van der Waals surface area contributed by atoms with Crippen molar-refractivity contribution in [3.05, 3.63) is 64.8 Å². The van der Waals surface area contributed by atoms with Crippen molar-refractivity contribution in [3.63, 3.8) is 0 Å². The largest absolute Gasteiger partial charge is 0.486 e. The standard InChI is InChI=1S/C29H39NO2/c1-8-11-21-12-14-23-24(18-30-25(23)17-21)29(9-2,10-3)22-13-15-26(20(4)16-22)32-19-27(31)28(5,6)7/h12-18,30H,8-11,19H2,1-7H3. The molecule has 3 heteroatoms. The van der Waals surface area contributed by atoms with Crippen molar-refractivity contribution in [2.45, 2.75) is 79.6 Å². The molecule has 3 nitrogen and oxygen atoms in total. The van der Waals surface area contributed by atoms with Crippen LogP contribution in [0.3, 0.4) is 0 Å². The molecule has 0 aliphatic rings. The SMILES string of the molecule is CCCc1ccc2c(C(CC)(CC)c3ccc(OCC(=O)C(C)(C)C)c(C)c3)c[nH]c2c1. The van der Waals surface area contributed by atoms with Crippen LogP contribution in [0.5, 0.6) is 5.75 Å². The second-order valence-corrected chi connectivity index (χ2v) is 10.1. The van der Waals surface area contributed by atoms with E-state index in [0.717, 1.165) is 37.0 Å². The van der Waals surface area contributed by atoms with Crippen LogP contribution in [0.15, 0.2) is 42.6 Å². The predicted molar refractivity (Wildman–Crippen MR) is 135 cm³/mol. The summed E-state index contributed by atoms with van der Waals surface area (Å²) in [6.07, 6.45) is 6.48. The van der Waals surface area contributed by atoms with Gasteiger partial charge in [-0.05, 0) is 60.6 Å². The maximum Gasteiger partial charge on any atom is 0.175 e. The molecule has 3 aromatic rings. The number of ketones is 1. The van der Waals surface area contributed by atoms with E-state index in [0.29, 0.717) is 0 Å². The molecule has 0 radical (unpaired) electrons. The Hall–Kier alpha value is -2.55. The van der Waals surface area contributed by atoms with Crippen molar-refractivity contribution >= 4 is 16.7 Å². The lowest BCUT2D eigenvalue weighted by atomic mass is 9.70. The van der Waals surface area contributed by atoms with Crippen LogP contribution in [-0.4, -0.2) is 17.4 Å². The van der Waals surface area contributed by atoms with Crippen molar-refractivity contribution in [1.82, 2.24) is 4.98 Å². The average Bonchev–Trinajstić information content (AvgIpc) is 3.17. The summed E-state index contributed by atoms with van der Waals surface area (Å²) in [7, 11) is 0. The number of Topliss-reactive ketones (excluding diaryl/α,β-unsaturated/α-hetero) is 1. The van der Waals surface area contributed by atoms with Crippen LogP contribution < -0.4 is 4.74 Å². The summed E-state index contributed by atoms with van der Waals surface area (Å²) in [5, 5.41) is 1.31. The van der Waals surface area contributed by atoms with Gasteiger partial charge in [-0.25, -0.2) is 0 Å². The third kappa shape index (κ3) is 4.62. The monoisotopic (exact) mass is 433 g/mol. The van der Waals surface area contributed by atoms with Crippen LogP contribution in [-0.2, 0) is 16.6 Å². The Morgan fingerprint density at radius 2 is 1.72 bits per heavy atom. The van der Waals surface area contributed by atoms with Gasteiger partial charge in [0.2, 0.25) is 0 Å². The number of rotatable bonds is 9. The average molecular weight is 434 g/mol. The molecule has 0 saturated heterocycles. The van der Waals surface area contributed by atoms with Crippen molar-refractivity contribution in [3.8, 4) is 5.75 Å². The van der Waals surface area contributed by atoms with Gasteiger partial charge in [0.1, 0.15) is 12.4 Å². The molecule has 0 atom stereocenters. The van der Waals surface area contributed by atoms with Gasteiger partial charge in [0, 0.05) is 27.9 Å². The first-order valence-corrected chi connectivity index (χ1v) is 12.0. The van der Waals surface area contributed by atoms with Crippen molar-refractivity contribution < 1.29 is 9.53 Å². The Kier molecular flexibility index (Phi) is 7.17. The number of ether oxygens (including phenoxy) is 1. The molecule has 3 rings (SSSR count). The summed E-state index contributed by atoms with van der Waals surface area (Å²) in [6, 6.07) is 13.3. The van der Waals surface area contributed by atoms with Gasteiger partial charge in [-0.3, -0.25) is 4.79 Å². The number of carbonyl (C=O) groups excluding carboxylic acids is 1. The first kappa shape index (κ1) is 24.1. The van der Waals surface area contributed by atoms with Crippen LogP contribution in [0.25, 0.3) is 10.9 Å². The number of aromatic nitrogens is 1. The number of hydrogen-bond donors (Lipinski definition) is 1. The number of aryl methyl sites for hydroxylation is 2. The molecule has 1 N–H and O–H groups in total. The van der Waals surface area contributed by atoms with Gasteiger partial charge < -0.3 is 9.72 Å². The molecule has 0 bridgehead atoms. The zero-order valence-electron chi connectivity index (χ0n) is 20.9. The second kappa shape index (κ2) is 9.52. The Morgan fingerprint density at radius 1 is 1.00 bits per heavy atom. The summed E-state index contributed by atoms with van der Waals surface area (Å²) < 4.78 is 5.90. The highest BCUT2D eigenvalue weighted by molar-refractivity contribution is 5.86. The lowest BCUT2D eigenvalue weighted by Gasteiger charge is -2.33.